The van der Waals surface area contributed by atoms with Crippen LogP contribution < -0.4 is 0 Å². The van der Waals surface area contributed by atoms with Crippen LogP contribution in [0.4, 0.5) is 4.79 Å². The van der Waals surface area contributed by atoms with Crippen LogP contribution in [0.1, 0.15) is 24.4 Å². The lowest BCUT2D eigenvalue weighted by atomic mass is 9.87. The number of nitrogens with zero attached hydrogens (tertiary/aromatic N) is 1. The molecule has 1 aliphatic rings. The number of hydrogen-bond donors (Lipinski definition) is 1. The molecule has 1 saturated heterocycles. The van der Waals surface area contributed by atoms with Gasteiger partial charge in [-0.3, -0.25) is 4.79 Å². The molecule has 108 valence electrons. The van der Waals surface area contributed by atoms with Crippen molar-refractivity contribution in [1.82, 2.24) is 4.90 Å². The topological polar surface area (TPSA) is 66.8 Å². The summed E-state index contributed by atoms with van der Waals surface area (Å²) >= 11 is 5.86. The van der Waals surface area contributed by atoms with Gasteiger partial charge in [0.15, 0.2) is 0 Å². The Morgan fingerprint density at radius 3 is 2.55 bits per heavy atom. The van der Waals surface area contributed by atoms with Gasteiger partial charge in [-0.2, -0.15) is 0 Å². The van der Waals surface area contributed by atoms with Gasteiger partial charge in [0, 0.05) is 11.6 Å². The minimum Gasteiger partial charge on any atom is -0.481 e. The Hall–Kier alpha value is -1.75. The zero-order valence-corrected chi connectivity index (χ0v) is 11.8. The van der Waals surface area contributed by atoms with E-state index >= 15 is 0 Å². The zero-order valence-electron chi connectivity index (χ0n) is 11.1. The first kappa shape index (κ1) is 14.7. The first-order chi connectivity index (χ1) is 9.52. The largest absolute Gasteiger partial charge is 0.481 e. The third-order valence-electron chi connectivity index (χ3n) is 3.62. The van der Waals surface area contributed by atoms with Crippen LogP contribution in [-0.2, 0) is 9.53 Å². The smallest absolute Gasteiger partial charge is 0.409 e. The highest BCUT2D eigenvalue weighted by Gasteiger charge is 2.36. The quantitative estimate of drug-likeness (QED) is 0.911. The summed E-state index contributed by atoms with van der Waals surface area (Å²) in [6, 6.07) is 6.79. The summed E-state index contributed by atoms with van der Waals surface area (Å²) < 4.78 is 4.77. The Kier molecular flexibility index (Phi) is 4.49. The number of rotatable bonds is 2. The van der Waals surface area contributed by atoms with Crippen molar-refractivity contribution in [2.24, 2.45) is 5.92 Å². The van der Waals surface area contributed by atoms with E-state index in [1.807, 2.05) is 12.1 Å². The lowest BCUT2D eigenvalue weighted by molar-refractivity contribution is -0.144. The van der Waals surface area contributed by atoms with Crippen molar-refractivity contribution in [2.45, 2.75) is 18.9 Å². The van der Waals surface area contributed by atoms with Gasteiger partial charge in [-0.25, -0.2) is 4.79 Å². The second kappa shape index (κ2) is 6.13. The minimum atomic E-state index is -0.825. The predicted octanol–water partition coefficient (Wildman–Crippen LogP) is 2.94. The molecule has 1 aromatic carbocycles. The highest BCUT2D eigenvalue weighted by atomic mass is 35.5. The first-order valence-corrected chi connectivity index (χ1v) is 6.73. The molecule has 1 aromatic rings. The zero-order chi connectivity index (χ0) is 14.7. The number of benzene rings is 1. The van der Waals surface area contributed by atoms with Crippen LogP contribution in [0.15, 0.2) is 24.3 Å². The van der Waals surface area contributed by atoms with Crippen LogP contribution in [-0.4, -0.2) is 35.7 Å². The lowest BCUT2D eigenvalue weighted by Gasteiger charge is -2.37. The summed E-state index contributed by atoms with van der Waals surface area (Å²) in [5.74, 6) is -1.27. The van der Waals surface area contributed by atoms with E-state index in [2.05, 4.69) is 0 Å². The van der Waals surface area contributed by atoms with E-state index < -0.39 is 18.0 Å². The number of carbonyl (C=O) groups is 2. The predicted molar refractivity (Wildman–Crippen MR) is 73.7 cm³/mol. The maximum atomic E-state index is 11.8. The molecule has 0 spiro atoms. The fourth-order valence-electron chi connectivity index (χ4n) is 2.53. The second-order valence-corrected chi connectivity index (χ2v) is 5.23. The number of likely N-dealkylation sites (tertiary alicyclic amines) is 1. The monoisotopic (exact) mass is 297 g/mol. The van der Waals surface area contributed by atoms with Gasteiger partial charge in [-0.1, -0.05) is 23.7 Å². The van der Waals surface area contributed by atoms with Crippen molar-refractivity contribution < 1.29 is 19.4 Å². The van der Waals surface area contributed by atoms with E-state index in [0.717, 1.165) is 5.56 Å². The Bertz CT molecular complexity index is 502. The molecule has 1 heterocycles. The number of piperidine rings is 1. The van der Waals surface area contributed by atoms with Gasteiger partial charge in [0.25, 0.3) is 0 Å². The van der Waals surface area contributed by atoms with E-state index in [0.29, 0.717) is 24.4 Å². The van der Waals surface area contributed by atoms with Gasteiger partial charge < -0.3 is 14.7 Å². The molecule has 0 bridgehead atoms. The molecule has 0 aliphatic carbocycles. The SMILES string of the molecule is COC(=O)N1CCC(C(=O)O)CC1c1ccc(Cl)cc1. The Morgan fingerprint density at radius 1 is 1.35 bits per heavy atom. The van der Waals surface area contributed by atoms with E-state index in [4.69, 9.17) is 16.3 Å². The maximum absolute atomic E-state index is 11.8. The lowest BCUT2D eigenvalue weighted by Crippen LogP contribution is -2.42. The highest BCUT2D eigenvalue weighted by molar-refractivity contribution is 6.30. The van der Waals surface area contributed by atoms with Crippen LogP contribution in [0.25, 0.3) is 0 Å². The highest BCUT2D eigenvalue weighted by Crippen LogP contribution is 2.35. The van der Waals surface area contributed by atoms with Crippen molar-refractivity contribution >= 4 is 23.7 Å². The molecular weight excluding hydrogens is 282 g/mol. The number of hydrogen-bond acceptors (Lipinski definition) is 3. The number of ether oxygens (including phenoxy) is 1. The molecule has 2 rings (SSSR count). The van der Waals surface area contributed by atoms with Crippen LogP contribution in [0.2, 0.25) is 5.02 Å². The molecule has 6 heteroatoms. The van der Waals surface area contributed by atoms with Gasteiger partial charge in [0.1, 0.15) is 0 Å². The molecule has 20 heavy (non-hydrogen) atoms. The van der Waals surface area contributed by atoms with Crippen molar-refractivity contribution in [1.29, 1.82) is 0 Å². The van der Waals surface area contributed by atoms with Crippen LogP contribution in [0.5, 0.6) is 0 Å². The Morgan fingerprint density at radius 2 is 2.00 bits per heavy atom. The Balaban J connectivity index is 2.27. The van der Waals surface area contributed by atoms with Crippen molar-refractivity contribution in [3.05, 3.63) is 34.9 Å². The summed E-state index contributed by atoms with van der Waals surface area (Å²) in [6.45, 7) is 0.372. The molecule has 2 atom stereocenters. The van der Waals surface area contributed by atoms with Crippen molar-refractivity contribution in [2.75, 3.05) is 13.7 Å². The van der Waals surface area contributed by atoms with Gasteiger partial charge in [-0.15, -0.1) is 0 Å². The summed E-state index contributed by atoms with van der Waals surface area (Å²) in [7, 11) is 1.32. The first-order valence-electron chi connectivity index (χ1n) is 6.35. The molecule has 0 saturated carbocycles. The van der Waals surface area contributed by atoms with Gasteiger partial charge in [0.2, 0.25) is 0 Å². The van der Waals surface area contributed by atoms with Crippen LogP contribution in [0, 0.1) is 5.92 Å². The number of amides is 1. The number of carboxylic acid groups (broad SMARTS) is 1. The third kappa shape index (κ3) is 3.04. The van der Waals surface area contributed by atoms with E-state index in [-0.39, 0.29) is 6.04 Å². The summed E-state index contributed by atoms with van der Waals surface area (Å²) in [4.78, 5) is 24.6. The van der Waals surface area contributed by atoms with Crippen molar-refractivity contribution in [3.63, 3.8) is 0 Å². The fraction of sp³-hybridized carbons (Fsp3) is 0.429. The Labute approximate surface area is 122 Å². The summed E-state index contributed by atoms with van der Waals surface area (Å²) in [6.07, 6.45) is 0.384. The van der Waals surface area contributed by atoms with Gasteiger partial charge in [-0.05, 0) is 30.5 Å². The molecule has 1 fully saturated rings. The molecule has 5 nitrogen and oxygen atoms in total. The molecule has 1 N–H and O–H groups in total. The average molecular weight is 298 g/mol. The minimum absolute atomic E-state index is 0.297. The number of carbonyl (C=O) groups excluding carboxylic acids is 1. The standard InChI is InChI=1S/C14H16ClNO4/c1-20-14(19)16-7-6-10(13(17)18)8-12(16)9-2-4-11(15)5-3-9/h2-5,10,12H,6-8H2,1H3,(H,17,18). The molecule has 0 radical (unpaired) electrons. The van der Waals surface area contributed by atoms with E-state index in [1.54, 1.807) is 17.0 Å². The van der Waals surface area contributed by atoms with Crippen molar-refractivity contribution in [3.8, 4) is 0 Å². The number of aliphatic carboxylic acids is 1. The van der Waals surface area contributed by atoms with Crippen LogP contribution in [0.3, 0.4) is 0 Å². The number of methoxy groups -OCH3 is 1. The summed E-state index contributed by atoms with van der Waals surface area (Å²) in [5, 5.41) is 9.77. The molecule has 2 unspecified atom stereocenters. The normalized spacial score (nSPS) is 22.4. The summed E-state index contributed by atoms with van der Waals surface area (Å²) in [5.41, 5.74) is 0.866. The third-order valence-corrected chi connectivity index (χ3v) is 3.87. The number of halogens is 1. The maximum Gasteiger partial charge on any atom is 0.409 e. The molecular formula is C14H16ClNO4. The molecule has 0 aromatic heterocycles. The van der Waals surface area contributed by atoms with Crippen LogP contribution >= 0.6 is 11.6 Å². The van der Waals surface area contributed by atoms with Gasteiger partial charge in [0.05, 0.1) is 19.1 Å². The fourth-order valence-corrected chi connectivity index (χ4v) is 2.65. The molecule has 1 amide bonds. The van der Waals surface area contributed by atoms with E-state index in [9.17, 15) is 14.7 Å². The second-order valence-electron chi connectivity index (χ2n) is 4.79. The van der Waals surface area contributed by atoms with Gasteiger partial charge >= 0.3 is 12.1 Å². The molecule has 1 aliphatic heterocycles. The van der Waals surface area contributed by atoms with E-state index in [1.165, 1.54) is 7.11 Å². The average Bonchev–Trinajstić information content (AvgIpc) is 2.46. The number of carboxylic acids is 1.